The summed E-state index contributed by atoms with van der Waals surface area (Å²) in [5, 5.41) is 3.80. The van der Waals surface area contributed by atoms with Gasteiger partial charge < -0.3 is 4.52 Å². The Morgan fingerprint density at radius 2 is 1.67 bits per heavy atom. The van der Waals surface area contributed by atoms with E-state index < -0.39 is 0 Å². The zero-order chi connectivity index (χ0) is 9.78. The monoisotopic (exact) mass is 170 g/mol. The lowest BCUT2D eigenvalue weighted by atomic mass is 9.96. The summed E-state index contributed by atoms with van der Waals surface area (Å²) in [6.45, 7) is 12.0. The van der Waals surface area contributed by atoms with Gasteiger partial charge in [0, 0.05) is 12.3 Å². The van der Waals surface area contributed by atoms with Crippen molar-refractivity contribution in [2.75, 3.05) is 0 Å². The average molecular weight is 170 g/mol. The van der Waals surface area contributed by atoms with Crippen molar-refractivity contribution in [3.8, 4) is 0 Å². The second kappa shape index (κ2) is 4.24. The molecule has 1 aromatic rings. The minimum atomic E-state index is -0.00222. The van der Waals surface area contributed by atoms with Crippen LogP contribution >= 0.6 is 0 Å². The zero-order valence-electron chi connectivity index (χ0n) is 8.80. The van der Waals surface area contributed by atoms with Crippen molar-refractivity contribution in [3.05, 3.63) is 11.7 Å². The van der Waals surface area contributed by atoms with Crippen LogP contribution in [-0.4, -0.2) is 10.1 Å². The number of aryl methyl sites for hydroxylation is 1. The van der Waals surface area contributed by atoms with E-state index >= 15 is 0 Å². The Hall–Kier alpha value is -0.860. The number of rotatable bonds is 0. The molecule has 0 atom stereocenters. The summed E-state index contributed by atoms with van der Waals surface area (Å²) in [5.74, 6) is 1.40. The van der Waals surface area contributed by atoms with E-state index in [0.717, 1.165) is 5.82 Å². The molecular formula is C9H18N2O. The fourth-order valence-electron chi connectivity index (χ4n) is 0.604. The highest BCUT2D eigenvalue weighted by Crippen LogP contribution is 2.17. The van der Waals surface area contributed by atoms with Crippen LogP contribution in [0.1, 0.15) is 46.3 Å². The molecule has 0 unspecified atom stereocenters. The van der Waals surface area contributed by atoms with E-state index in [1.807, 2.05) is 13.8 Å². The van der Waals surface area contributed by atoms with Crippen molar-refractivity contribution < 1.29 is 4.52 Å². The van der Waals surface area contributed by atoms with Crippen LogP contribution in [0, 0.1) is 6.92 Å². The Labute approximate surface area is 74.2 Å². The van der Waals surface area contributed by atoms with Crippen molar-refractivity contribution in [2.45, 2.75) is 47.0 Å². The molecule has 0 bridgehead atoms. The number of hydrogen-bond acceptors (Lipinski definition) is 3. The summed E-state index contributed by atoms with van der Waals surface area (Å²) in [4.78, 5) is 4.10. The molecule has 1 aromatic heterocycles. The molecule has 0 aromatic carbocycles. The Balaban J connectivity index is 0.000000561. The lowest BCUT2D eigenvalue weighted by molar-refractivity contribution is 0.375. The van der Waals surface area contributed by atoms with Gasteiger partial charge in [-0.1, -0.05) is 39.8 Å². The van der Waals surface area contributed by atoms with Gasteiger partial charge in [0.15, 0.2) is 5.82 Å². The molecule has 12 heavy (non-hydrogen) atoms. The maximum absolute atomic E-state index is 4.83. The lowest BCUT2D eigenvalue weighted by Crippen LogP contribution is -2.13. The summed E-state index contributed by atoms with van der Waals surface area (Å²) in [6.07, 6.45) is 0. The van der Waals surface area contributed by atoms with Crippen molar-refractivity contribution >= 4 is 0 Å². The molecule has 1 heterocycles. The lowest BCUT2D eigenvalue weighted by Gasteiger charge is -2.10. The largest absolute Gasteiger partial charge is 0.340 e. The Kier molecular flexibility index (Phi) is 3.93. The molecule has 0 saturated heterocycles. The predicted octanol–water partition coefficient (Wildman–Crippen LogP) is 2.70. The standard InChI is InChI=1S/C7H12N2O.C2H6/c1-5-8-6(9-10-5)7(2,3)4;1-2/h1-4H3;1-2H3. The minimum Gasteiger partial charge on any atom is -0.340 e. The van der Waals surface area contributed by atoms with E-state index in [0.29, 0.717) is 5.89 Å². The fraction of sp³-hybridized carbons (Fsp3) is 0.778. The first kappa shape index (κ1) is 11.1. The van der Waals surface area contributed by atoms with Crippen LogP contribution in [0.4, 0.5) is 0 Å². The van der Waals surface area contributed by atoms with Crippen LogP contribution in [0.5, 0.6) is 0 Å². The highest BCUT2D eigenvalue weighted by molar-refractivity contribution is 4.98. The highest BCUT2D eigenvalue weighted by Gasteiger charge is 2.19. The topological polar surface area (TPSA) is 38.9 Å². The highest BCUT2D eigenvalue weighted by atomic mass is 16.5. The van der Waals surface area contributed by atoms with Gasteiger partial charge >= 0.3 is 0 Å². The van der Waals surface area contributed by atoms with E-state index in [-0.39, 0.29) is 5.41 Å². The van der Waals surface area contributed by atoms with Gasteiger partial charge in [0.1, 0.15) is 0 Å². The summed E-state index contributed by atoms with van der Waals surface area (Å²) < 4.78 is 4.83. The van der Waals surface area contributed by atoms with Crippen LogP contribution in [0.25, 0.3) is 0 Å². The van der Waals surface area contributed by atoms with Crippen LogP contribution in [0.3, 0.4) is 0 Å². The number of aromatic nitrogens is 2. The molecule has 0 saturated carbocycles. The molecule has 0 radical (unpaired) electrons. The number of hydrogen-bond donors (Lipinski definition) is 0. The molecule has 1 rings (SSSR count). The van der Waals surface area contributed by atoms with E-state index in [2.05, 4.69) is 30.9 Å². The molecule has 3 nitrogen and oxygen atoms in total. The molecule has 0 aliphatic rings. The molecule has 0 spiro atoms. The minimum absolute atomic E-state index is 0.00222. The van der Waals surface area contributed by atoms with Crippen molar-refractivity contribution in [1.82, 2.24) is 10.1 Å². The first-order valence-corrected chi connectivity index (χ1v) is 4.31. The summed E-state index contributed by atoms with van der Waals surface area (Å²) in [7, 11) is 0. The van der Waals surface area contributed by atoms with Gasteiger partial charge in [-0.15, -0.1) is 0 Å². The van der Waals surface area contributed by atoms with Crippen LogP contribution in [0.15, 0.2) is 4.52 Å². The molecule has 70 valence electrons. The van der Waals surface area contributed by atoms with E-state index in [9.17, 15) is 0 Å². The fourth-order valence-corrected chi connectivity index (χ4v) is 0.604. The number of nitrogens with zero attached hydrogens (tertiary/aromatic N) is 2. The maximum atomic E-state index is 4.83. The van der Waals surface area contributed by atoms with Gasteiger partial charge in [0.25, 0.3) is 0 Å². The third-order valence-corrected chi connectivity index (χ3v) is 1.20. The molecule has 0 N–H and O–H groups in total. The molecule has 0 aliphatic heterocycles. The van der Waals surface area contributed by atoms with Crippen molar-refractivity contribution in [2.24, 2.45) is 0 Å². The van der Waals surface area contributed by atoms with Gasteiger partial charge in [-0.25, -0.2) is 0 Å². The maximum Gasteiger partial charge on any atom is 0.223 e. The second-order valence-corrected chi connectivity index (χ2v) is 3.39. The SMILES string of the molecule is CC.Cc1nc(C(C)(C)C)no1. The normalized spacial score (nSPS) is 10.5. The van der Waals surface area contributed by atoms with Crippen LogP contribution in [-0.2, 0) is 5.41 Å². The molecule has 0 fully saturated rings. The molecule has 0 aliphatic carbocycles. The Morgan fingerprint density at radius 3 is 1.83 bits per heavy atom. The van der Waals surface area contributed by atoms with Gasteiger partial charge in [-0.3, -0.25) is 0 Å². The zero-order valence-corrected chi connectivity index (χ0v) is 8.80. The summed E-state index contributed by atoms with van der Waals surface area (Å²) in [6, 6.07) is 0. The van der Waals surface area contributed by atoms with Crippen LogP contribution in [0.2, 0.25) is 0 Å². The quantitative estimate of drug-likeness (QED) is 0.601. The van der Waals surface area contributed by atoms with Crippen LogP contribution < -0.4 is 0 Å². The smallest absolute Gasteiger partial charge is 0.223 e. The van der Waals surface area contributed by atoms with Crippen molar-refractivity contribution in [3.63, 3.8) is 0 Å². The van der Waals surface area contributed by atoms with Crippen molar-refractivity contribution in [1.29, 1.82) is 0 Å². The Morgan fingerprint density at radius 1 is 1.17 bits per heavy atom. The van der Waals surface area contributed by atoms with Gasteiger partial charge in [-0.05, 0) is 0 Å². The van der Waals surface area contributed by atoms with Gasteiger partial charge in [0.2, 0.25) is 5.89 Å². The third-order valence-electron chi connectivity index (χ3n) is 1.20. The first-order valence-electron chi connectivity index (χ1n) is 4.31. The van der Waals surface area contributed by atoms with E-state index in [1.54, 1.807) is 6.92 Å². The average Bonchev–Trinajstić information content (AvgIpc) is 2.39. The molecule has 3 heteroatoms. The first-order chi connectivity index (χ1) is 5.50. The van der Waals surface area contributed by atoms with E-state index in [1.165, 1.54) is 0 Å². The van der Waals surface area contributed by atoms with Gasteiger partial charge in [0.05, 0.1) is 0 Å². The summed E-state index contributed by atoms with van der Waals surface area (Å²) in [5.41, 5.74) is -0.00222. The predicted molar refractivity (Wildman–Crippen MR) is 49.1 cm³/mol. The molecule has 0 amide bonds. The summed E-state index contributed by atoms with van der Waals surface area (Å²) >= 11 is 0. The second-order valence-electron chi connectivity index (χ2n) is 3.39. The molecular weight excluding hydrogens is 152 g/mol. The van der Waals surface area contributed by atoms with Gasteiger partial charge in [-0.2, -0.15) is 4.98 Å². The van der Waals surface area contributed by atoms with E-state index in [4.69, 9.17) is 4.52 Å². The Bertz CT molecular complexity index is 223. The third kappa shape index (κ3) is 3.03.